The Morgan fingerprint density at radius 3 is 2.54 bits per heavy atom. The second kappa shape index (κ2) is 8.13. The lowest BCUT2D eigenvalue weighted by Crippen LogP contribution is -2.67. The molecule has 138 valence electrons. The number of aliphatic hydroxyl groups excluding tert-OH is 1. The van der Waals surface area contributed by atoms with Crippen molar-refractivity contribution in [2.75, 3.05) is 26.2 Å². The van der Waals surface area contributed by atoms with Crippen LogP contribution in [0.5, 0.6) is 0 Å². The molecule has 5 nitrogen and oxygen atoms in total. The first-order valence-corrected chi connectivity index (χ1v) is 10.1. The Hall–Kier alpha value is -1.34. The number of benzene rings is 1. The van der Waals surface area contributed by atoms with Gasteiger partial charge in [-0.25, -0.2) is 9.97 Å². The molecule has 0 aliphatic carbocycles. The molecule has 0 unspecified atom stereocenters. The number of rotatable bonds is 4. The van der Waals surface area contributed by atoms with Gasteiger partial charge in [-0.15, -0.1) is 0 Å². The molecule has 0 radical (unpaired) electrons. The quantitative estimate of drug-likeness (QED) is 0.829. The number of hydrogen-bond acceptors (Lipinski definition) is 5. The van der Waals surface area contributed by atoms with Crippen molar-refractivity contribution in [3.63, 3.8) is 0 Å². The second-order valence-corrected chi connectivity index (χ2v) is 8.24. The van der Waals surface area contributed by atoms with Crippen LogP contribution in [0.1, 0.15) is 29.9 Å². The van der Waals surface area contributed by atoms with Crippen LogP contribution in [0, 0.1) is 0 Å². The highest BCUT2D eigenvalue weighted by Crippen LogP contribution is 2.42. The van der Waals surface area contributed by atoms with E-state index in [2.05, 4.69) is 60.0 Å². The lowest BCUT2D eigenvalue weighted by Gasteiger charge is -2.57. The van der Waals surface area contributed by atoms with Gasteiger partial charge in [0.25, 0.3) is 0 Å². The van der Waals surface area contributed by atoms with Gasteiger partial charge in [0, 0.05) is 53.5 Å². The van der Waals surface area contributed by atoms with Gasteiger partial charge in [-0.2, -0.15) is 0 Å². The first-order valence-electron chi connectivity index (χ1n) is 9.34. The van der Waals surface area contributed by atoms with Crippen molar-refractivity contribution < 1.29 is 5.11 Å². The van der Waals surface area contributed by atoms with Crippen molar-refractivity contribution in [3.05, 3.63) is 58.6 Å². The molecule has 0 amide bonds. The van der Waals surface area contributed by atoms with Gasteiger partial charge in [-0.1, -0.05) is 28.1 Å². The third kappa shape index (κ3) is 3.69. The van der Waals surface area contributed by atoms with Gasteiger partial charge in [0.15, 0.2) is 0 Å². The van der Waals surface area contributed by atoms with Crippen LogP contribution >= 0.6 is 15.9 Å². The van der Waals surface area contributed by atoms with Gasteiger partial charge < -0.3 is 5.11 Å². The normalized spacial score (nSPS) is 27.2. The minimum Gasteiger partial charge on any atom is -0.395 e. The van der Waals surface area contributed by atoms with Crippen LogP contribution in [0.4, 0.5) is 0 Å². The molecule has 0 bridgehead atoms. The molecule has 3 atom stereocenters. The SMILES string of the molecule is OC[C@H]1[C@H](c2ccc(Br)cc2)[C@H]2CN(Cc3cncnc3)CCCCN21. The summed E-state index contributed by atoms with van der Waals surface area (Å²) in [6.07, 6.45) is 7.78. The highest BCUT2D eigenvalue weighted by atomic mass is 79.9. The molecule has 0 saturated carbocycles. The van der Waals surface area contributed by atoms with Gasteiger partial charge in [0.1, 0.15) is 6.33 Å². The topological polar surface area (TPSA) is 52.5 Å². The molecule has 4 rings (SSSR count). The van der Waals surface area contributed by atoms with Crippen molar-refractivity contribution >= 4 is 15.9 Å². The summed E-state index contributed by atoms with van der Waals surface area (Å²) in [5.41, 5.74) is 2.50. The Morgan fingerprint density at radius 1 is 1.08 bits per heavy atom. The largest absolute Gasteiger partial charge is 0.395 e. The van der Waals surface area contributed by atoms with E-state index in [0.717, 1.165) is 36.2 Å². The van der Waals surface area contributed by atoms with E-state index in [-0.39, 0.29) is 12.6 Å². The van der Waals surface area contributed by atoms with Gasteiger partial charge in [-0.05, 0) is 43.6 Å². The van der Waals surface area contributed by atoms with E-state index >= 15 is 0 Å². The van der Waals surface area contributed by atoms with Crippen LogP contribution in [0.15, 0.2) is 47.5 Å². The number of aliphatic hydroxyl groups is 1. The zero-order chi connectivity index (χ0) is 17.9. The summed E-state index contributed by atoms with van der Waals surface area (Å²) in [5, 5.41) is 9.99. The smallest absolute Gasteiger partial charge is 0.115 e. The van der Waals surface area contributed by atoms with Crippen molar-refractivity contribution in [1.82, 2.24) is 19.8 Å². The lowest BCUT2D eigenvalue weighted by molar-refractivity contribution is -0.0655. The van der Waals surface area contributed by atoms with Crippen LogP contribution in [0.2, 0.25) is 0 Å². The minimum absolute atomic E-state index is 0.226. The molecule has 1 N–H and O–H groups in total. The third-order valence-electron chi connectivity index (χ3n) is 5.73. The Labute approximate surface area is 163 Å². The fourth-order valence-electron chi connectivity index (χ4n) is 4.51. The average Bonchev–Trinajstić information content (AvgIpc) is 2.65. The number of fused-ring (bicyclic) bond motifs is 1. The number of nitrogens with zero attached hydrogens (tertiary/aromatic N) is 4. The third-order valence-corrected chi connectivity index (χ3v) is 6.26. The van der Waals surface area contributed by atoms with Crippen LogP contribution in [0.3, 0.4) is 0 Å². The van der Waals surface area contributed by atoms with Crippen LogP contribution < -0.4 is 0 Å². The maximum atomic E-state index is 9.99. The molecule has 2 aromatic rings. The Bertz CT molecular complexity index is 712. The minimum atomic E-state index is 0.226. The van der Waals surface area contributed by atoms with Crippen molar-refractivity contribution in [2.24, 2.45) is 0 Å². The molecule has 6 heteroatoms. The molecule has 2 fully saturated rings. The van der Waals surface area contributed by atoms with Crippen LogP contribution in [-0.2, 0) is 6.54 Å². The van der Waals surface area contributed by atoms with E-state index in [1.54, 1.807) is 6.33 Å². The maximum absolute atomic E-state index is 9.99. The number of hydrogen-bond donors (Lipinski definition) is 1. The fraction of sp³-hybridized carbons (Fsp3) is 0.500. The number of halogens is 1. The highest BCUT2D eigenvalue weighted by Gasteiger charge is 2.48. The van der Waals surface area contributed by atoms with E-state index in [1.165, 1.54) is 18.4 Å². The predicted molar refractivity (Wildman–Crippen MR) is 105 cm³/mol. The molecule has 2 aliphatic heterocycles. The van der Waals surface area contributed by atoms with Crippen LogP contribution in [-0.4, -0.2) is 63.2 Å². The summed E-state index contributed by atoms with van der Waals surface area (Å²) in [7, 11) is 0. The average molecular weight is 417 g/mol. The van der Waals surface area contributed by atoms with Crippen molar-refractivity contribution in [1.29, 1.82) is 0 Å². The van der Waals surface area contributed by atoms with Crippen molar-refractivity contribution in [2.45, 2.75) is 37.4 Å². The monoisotopic (exact) mass is 416 g/mol. The molecule has 26 heavy (non-hydrogen) atoms. The van der Waals surface area contributed by atoms with E-state index in [0.29, 0.717) is 12.0 Å². The summed E-state index contributed by atoms with van der Waals surface area (Å²) in [6, 6.07) is 9.30. The maximum Gasteiger partial charge on any atom is 0.115 e. The molecule has 1 aromatic carbocycles. The molecule has 2 saturated heterocycles. The van der Waals surface area contributed by atoms with Gasteiger partial charge in [0.2, 0.25) is 0 Å². The van der Waals surface area contributed by atoms with E-state index in [4.69, 9.17) is 0 Å². The molecule has 0 spiro atoms. The molecular weight excluding hydrogens is 392 g/mol. The second-order valence-electron chi connectivity index (χ2n) is 7.32. The summed E-state index contributed by atoms with van der Waals surface area (Å²) in [4.78, 5) is 13.3. The first kappa shape index (κ1) is 18.0. The van der Waals surface area contributed by atoms with E-state index in [1.807, 2.05) is 12.4 Å². The van der Waals surface area contributed by atoms with Gasteiger partial charge in [0.05, 0.1) is 6.61 Å². The summed E-state index contributed by atoms with van der Waals surface area (Å²) in [6.45, 7) is 4.33. The Balaban J connectivity index is 1.54. The lowest BCUT2D eigenvalue weighted by atomic mass is 9.74. The van der Waals surface area contributed by atoms with E-state index in [9.17, 15) is 5.11 Å². The van der Waals surface area contributed by atoms with Gasteiger partial charge >= 0.3 is 0 Å². The van der Waals surface area contributed by atoms with Gasteiger partial charge in [-0.3, -0.25) is 9.80 Å². The molecule has 1 aromatic heterocycles. The molecule has 3 heterocycles. The Morgan fingerprint density at radius 2 is 1.81 bits per heavy atom. The summed E-state index contributed by atoms with van der Waals surface area (Å²) < 4.78 is 1.10. The first-order chi connectivity index (χ1) is 12.8. The standard InChI is InChI=1S/C20H25BrN4O/c21-17-5-3-16(4-6-17)20-18-12-24(11-15-9-22-14-23-10-15)7-1-2-8-25(18)19(20)13-26/h3-6,9-10,14,18-20,26H,1-2,7-8,11-13H2/t18-,19+,20-/m1/s1. The highest BCUT2D eigenvalue weighted by molar-refractivity contribution is 9.10. The zero-order valence-corrected chi connectivity index (χ0v) is 16.4. The predicted octanol–water partition coefficient (Wildman–Crippen LogP) is 2.66. The fourth-order valence-corrected chi connectivity index (χ4v) is 4.77. The van der Waals surface area contributed by atoms with Crippen LogP contribution in [0.25, 0.3) is 0 Å². The summed E-state index contributed by atoms with van der Waals surface area (Å²) >= 11 is 3.53. The summed E-state index contributed by atoms with van der Waals surface area (Å²) in [5.74, 6) is 0.390. The number of aromatic nitrogens is 2. The molecule has 2 aliphatic rings. The van der Waals surface area contributed by atoms with E-state index < -0.39 is 0 Å². The molecular formula is C20H25BrN4O. The van der Waals surface area contributed by atoms with Crippen molar-refractivity contribution in [3.8, 4) is 0 Å². The zero-order valence-electron chi connectivity index (χ0n) is 14.8. The Kier molecular flexibility index (Phi) is 5.64.